The Morgan fingerprint density at radius 2 is 2.17 bits per heavy atom. The van der Waals surface area contributed by atoms with Gasteiger partial charge in [0.1, 0.15) is 0 Å². The van der Waals surface area contributed by atoms with Gasteiger partial charge in [-0.25, -0.2) is 4.79 Å². The molecule has 1 saturated heterocycles. The van der Waals surface area contributed by atoms with Gasteiger partial charge < -0.3 is 14.4 Å². The van der Waals surface area contributed by atoms with Crippen LogP contribution in [-0.4, -0.2) is 46.9 Å². The number of thiophene rings is 1. The molecule has 2 aromatic heterocycles. The molecule has 1 aliphatic heterocycles. The first-order chi connectivity index (χ1) is 17.2. The van der Waals surface area contributed by atoms with E-state index >= 15 is 0 Å². The number of rotatable bonds is 6. The van der Waals surface area contributed by atoms with Crippen LogP contribution in [0.3, 0.4) is 0 Å². The zero-order valence-corrected chi connectivity index (χ0v) is 23.1. The predicted molar refractivity (Wildman–Crippen MR) is 144 cm³/mol. The SMILES string of the molecule is CCC1C=CC=c2sccc2=C1c1cc(CN2CCCC[C@H](C(C)(C)C)C[C@@](OC)(C(=O)O)C2)no1. The van der Waals surface area contributed by atoms with E-state index in [0.29, 0.717) is 19.5 Å². The van der Waals surface area contributed by atoms with Crippen LogP contribution < -0.4 is 9.75 Å². The van der Waals surface area contributed by atoms with Gasteiger partial charge in [-0.05, 0) is 61.1 Å². The highest BCUT2D eigenvalue weighted by atomic mass is 32.1. The molecule has 36 heavy (non-hydrogen) atoms. The van der Waals surface area contributed by atoms with E-state index < -0.39 is 11.6 Å². The lowest BCUT2D eigenvalue weighted by molar-refractivity contribution is -0.168. The van der Waals surface area contributed by atoms with Crippen LogP contribution in [0.15, 0.2) is 34.2 Å². The third kappa shape index (κ3) is 5.68. The first-order valence-electron chi connectivity index (χ1n) is 13.1. The average molecular weight is 513 g/mol. The van der Waals surface area contributed by atoms with E-state index in [4.69, 9.17) is 9.26 Å². The smallest absolute Gasteiger partial charge is 0.337 e. The number of fused-ring (bicyclic) bond motifs is 1. The third-order valence-corrected chi connectivity index (χ3v) is 8.82. The van der Waals surface area contributed by atoms with Crippen molar-refractivity contribution in [1.29, 1.82) is 0 Å². The van der Waals surface area contributed by atoms with Crippen molar-refractivity contribution in [2.75, 3.05) is 20.2 Å². The van der Waals surface area contributed by atoms with Crippen molar-refractivity contribution in [2.24, 2.45) is 17.3 Å². The maximum atomic E-state index is 12.6. The third-order valence-electron chi connectivity index (χ3n) is 7.93. The van der Waals surface area contributed by atoms with Crippen LogP contribution in [0, 0.1) is 17.3 Å². The van der Waals surface area contributed by atoms with E-state index in [2.05, 4.69) is 67.4 Å². The number of carboxylic acids is 1. The molecule has 6 nitrogen and oxygen atoms in total. The minimum atomic E-state index is -1.25. The highest BCUT2D eigenvalue weighted by Gasteiger charge is 2.45. The van der Waals surface area contributed by atoms with Crippen LogP contribution in [0.1, 0.15) is 71.3 Å². The van der Waals surface area contributed by atoms with E-state index in [9.17, 15) is 9.90 Å². The van der Waals surface area contributed by atoms with Gasteiger partial charge >= 0.3 is 5.97 Å². The number of hydrogen-bond donors (Lipinski definition) is 1. The number of allylic oxidation sites excluding steroid dienone is 2. The van der Waals surface area contributed by atoms with Crippen LogP contribution in [-0.2, 0) is 16.1 Å². The Bertz CT molecular complexity index is 1200. The quantitative estimate of drug-likeness (QED) is 0.598. The molecule has 2 aliphatic rings. The number of carbonyl (C=O) groups is 1. The van der Waals surface area contributed by atoms with Crippen molar-refractivity contribution >= 4 is 29.0 Å². The molecule has 1 fully saturated rings. The topological polar surface area (TPSA) is 75.8 Å². The fraction of sp³-hybridized carbons (Fsp3) is 0.586. The molecule has 3 heterocycles. The van der Waals surface area contributed by atoms with Crippen LogP contribution >= 0.6 is 11.3 Å². The molecule has 3 atom stereocenters. The number of hydrogen-bond acceptors (Lipinski definition) is 6. The predicted octanol–water partition coefficient (Wildman–Crippen LogP) is 4.82. The van der Waals surface area contributed by atoms with E-state index in [1.807, 2.05) is 6.07 Å². The molecule has 196 valence electrons. The lowest BCUT2D eigenvalue weighted by atomic mass is 9.72. The van der Waals surface area contributed by atoms with Crippen molar-refractivity contribution in [1.82, 2.24) is 10.1 Å². The monoisotopic (exact) mass is 512 g/mol. The van der Waals surface area contributed by atoms with E-state index in [-0.39, 0.29) is 17.3 Å². The van der Waals surface area contributed by atoms with Crippen LogP contribution in [0.2, 0.25) is 0 Å². The Balaban J connectivity index is 1.62. The van der Waals surface area contributed by atoms with Crippen molar-refractivity contribution in [3.05, 3.63) is 50.9 Å². The summed E-state index contributed by atoms with van der Waals surface area (Å²) in [6, 6.07) is 4.20. The Hall–Kier alpha value is -2.22. The van der Waals surface area contributed by atoms with Crippen LogP contribution in [0.25, 0.3) is 11.6 Å². The van der Waals surface area contributed by atoms with Gasteiger partial charge in [-0.2, -0.15) is 0 Å². The number of ether oxygens (including phenoxy) is 1. The van der Waals surface area contributed by atoms with Crippen molar-refractivity contribution < 1.29 is 19.2 Å². The zero-order valence-electron chi connectivity index (χ0n) is 22.3. The van der Waals surface area contributed by atoms with Gasteiger partial charge in [0, 0.05) is 47.5 Å². The fourth-order valence-corrected chi connectivity index (χ4v) is 6.45. The maximum absolute atomic E-state index is 12.6. The summed E-state index contributed by atoms with van der Waals surface area (Å²) in [5.41, 5.74) is 0.771. The van der Waals surface area contributed by atoms with Crippen molar-refractivity contribution in [3.8, 4) is 0 Å². The molecular weight excluding hydrogens is 472 g/mol. The van der Waals surface area contributed by atoms with Gasteiger partial charge in [0.05, 0.1) is 5.69 Å². The van der Waals surface area contributed by atoms with Crippen molar-refractivity contribution in [2.45, 2.75) is 71.9 Å². The van der Waals surface area contributed by atoms with Gasteiger partial charge in [-0.1, -0.05) is 51.4 Å². The summed E-state index contributed by atoms with van der Waals surface area (Å²) in [5.74, 6) is 0.435. The molecule has 0 radical (unpaired) electrons. The highest BCUT2D eigenvalue weighted by molar-refractivity contribution is 7.07. The highest BCUT2D eigenvalue weighted by Crippen LogP contribution is 2.39. The molecule has 1 aliphatic carbocycles. The number of aromatic nitrogens is 1. The average Bonchev–Trinajstić information content (AvgIpc) is 3.46. The summed E-state index contributed by atoms with van der Waals surface area (Å²) < 4.78 is 13.0. The minimum Gasteiger partial charge on any atom is -0.479 e. The normalized spacial score (nSPS) is 25.9. The molecule has 2 aromatic rings. The Labute approximate surface area is 218 Å². The summed E-state index contributed by atoms with van der Waals surface area (Å²) >= 11 is 1.73. The molecule has 0 amide bonds. The Kier molecular flexibility index (Phi) is 8.22. The van der Waals surface area contributed by atoms with E-state index in [1.54, 1.807) is 11.3 Å². The molecule has 7 heteroatoms. The van der Waals surface area contributed by atoms with Gasteiger partial charge in [-0.15, -0.1) is 11.3 Å². The Morgan fingerprint density at radius 3 is 2.86 bits per heavy atom. The largest absolute Gasteiger partial charge is 0.479 e. The summed E-state index contributed by atoms with van der Waals surface area (Å²) in [6.07, 6.45) is 11.1. The van der Waals surface area contributed by atoms with Gasteiger partial charge in [0.15, 0.2) is 11.4 Å². The van der Waals surface area contributed by atoms with Gasteiger partial charge in [0.2, 0.25) is 0 Å². The first-order valence-corrected chi connectivity index (χ1v) is 14.0. The van der Waals surface area contributed by atoms with Gasteiger partial charge in [0.25, 0.3) is 0 Å². The second kappa shape index (κ2) is 11.0. The van der Waals surface area contributed by atoms with Crippen LogP contribution in [0.4, 0.5) is 0 Å². The van der Waals surface area contributed by atoms with E-state index in [0.717, 1.165) is 43.7 Å². The summed E-state index contributed by atoms with van der Waals surface area (Å²) in [6.45, 7) is 10.5. The molecule has 1 N–H and O–H groups in total. The molecule has 0 aromatic carbocycles. The zero-order chi connectivity index (χ0) is 25.9. The Morgan fingerprint density at radius 1 is 1.36 bits per heavy atom. The summed E-state index contributed by atoms with van der Waals surface area (Å²) in [7, 11) is 1.54. The molecule has 4 rings (SSSR count). The molecule has 0 bridgehead atoms. The number of carboxylic acid groups (broad SMARTS) is 1. The van der Waals surface area contributed by atoms with E-state index in [1.165, 1.54) is 22.4 Å². The lowest BCUT2D eigenvalue weighted by Crippen LogP contribution is -2.52. The summed E-state index contributed by atoms with van der Waals surface area (Å²) in [5, 5.41) is 18.1. The van der Waals surface area contributed by atoms with Crippen molar-refractivity contribution in [3.63, 3.8) is 0 Å². The minimum absolute atomic E-state index is 0.0214. The standard InChI is InChI=1S/C29H40N2O4S/c1-6-20-10-9-12-25-23(13-15-36-25)26(20)24-16-22(30-35-24)18-31-14-8-7-11-21(28(2,3)4)17-29(19-31,34-5)27(32)33/h9-10,12-13,15-16,20-21H,6-8,11,14,17-19H2,1-5H3,(H,32,33)/t20?,21-,29-/m0/s1. The lowest BCUT2D eigenvalue weighted by Gasteiger charge is -2.39. The first kappa shape index (κ1) is 26.8. The molecule has 0 saturated carbocycles. The fourth-order valence-electron chi connectivity index (χ4n) is 5.64. The molecular formula is C29H40N2O4S. The molecule has 1 unspecified atom stereocenters. The number of aliphatic carboxylic acids is 1. The summed E-state index contributed by atoms with van der Waals surface area (Å²) in [4.78, 5) is 14.7. The number of methoxy groups -OCH3 is 1. The van der Waals surface area contributed by atoms with Crippen LogP contribution in [0.5, 0.6) is 0 Å². The second-order valence-corrected chi connectivity index (χ2v) is 12.3. The second-order valence-electron chi connectivity index (χ2n) is 11.3. The van der Waals surface area contributed by atoms with Gasteiger partial charge in [-0.3, -0.25) is 4.90 Å². The maximum Gasteiger partial charge on any atom is 0.337 e. The number of nitrogens with zero attached hydrogens (tertiary/aromatic N) is 2. The molecule has 0 spiro atoms.